The maximum atomic E-state index is 13.1. The first-order valence-corrected chi connectivity index (χ1v) is 7.88. The van der Waals surface area contributed by atoms with Crippen molar-refractivity contribution >= 4 is 6.09 Å². The molecule has 0 unspecified atom stereocenters. The smallest absolute Gasteiger partial charge is 0.435 e. The molecule has 0 saturated carbocycles. The highest BCUT2D eigenvalue weighted by Gasteiger charge is 2.35. The van der Waals surface area contributed by atoms with Crippen LogP contribution >= 0.6 is 0 Å². The summed E-state index contributed by atoms with van der Waals surface area (Å²) >= 11 is 0. The van der Waals surface area contributed by atoms with E-state index in [-0.39, 0.29) is 0 Å². The van der Waals surface area contributed by atoms with Crippen LogP contribution in [0.4, 0.5) is 18.0 Å². The van der Waals surface area contributed by atoms with Crippen LogP contribution in [0.1, 0.15) is 16.8 Å². The lowest BCUT2D eigenvalue weighted by Gasteiger charge is -2.10. The molecule has 142 valence electrons. The van der Waals surface area contributed by atoms with Crippen LogP contribution in [0.2, 0.25) is 0 Å². The van der Waals surface area contributed by atoms with Gasteiger partial charge in [0, 0.05) is 5.56 Å². The number of nitrogens with zero attached hydrogens (tertiary/aromatic N) is 2. The van der Waals surface area contributed by atoms with Crippen molar-refractivity contribution < 1.29 is 23.1 Å². The third kappa shape index (κ3) is 5.10. The van der Waals surface area contributed by atoms with Crippen LogP contribution in [0.5, 0.6) is 0 Å². The molecular weight excluding hydrogens is 359 g/mol. The van der Waals surface area contributed by atoms with Crippen molar-refractivity contribution in [2.45, 2.75) is 20.0 Å². The Labute approximate surface area is 153 Å². The molecule has 5 nitrogen and oxygen atoms in total. The highest BCUT2D eigenvalue weighted by molar-refractivity contribution is 5.67. The Balaban J connectivity index is 0.000000596. The van der Waals surface area contributed by atoms with Gasteiger partial charge in [-0.15, -0.1) is 0 Å². The van der Waals surface area contributed by atoms with Crippen LogP contribution in [0.25, 0.3) is 16.9 Å². The fourth-order valence-corrected chi connectivity index (χ4v) is 2.49. The molecule has 1 heterocycles. The summed E-state index contributed by atoms with van der Waals surface area (Å²) in [6, 6.07) is 15.7. The minimum absolute atomic E-state index is 0.435. The molecule has 0 aliphatic carbocycles. The molecule has 1 amide bonds. The van der Waals surface area contributed by atoms with E-state index in [2.05, 4.69) is 10.8 Å². The first kappa shape index (κ1) is 20.0. The number of halogens is 3. The molecule has 0 aliphatic heterocycles. The summed E-state index contributed by atoms with van der Waals surface area (Å²) < 4.78 is 40.7. The molecular formula is C19H18F3N3O2. The highest BCUT2D eigenvalue weighted by atomic mass is 19.4. The average Bonchev–Trinajstić information content (AvgIpc) is 3.03. The molecule has 0 atom stereocenters. The van der Waals surface area contributed by atoms with Crippen molar-refractivity contribution in [1.29, 1.82) is 0 Å². The highest BCUT2D eigenvalue weighted by Crippen LogP contribution is 2.34. The number of carboxylic acid groups (broad SMARTS) is 1. The summed E-state index contributed by atoms with van der Waals surface area (Å²) in [4.78, 5) is 8.78. The van der Waals surface area contributed by atoms with Gasteiger partial charge in [-0.1, -0.05) is 35.9 Å². The Morgan fingerprint density at radius 3 is 2.22 bits per heavy atom. The van der Waals surface area contributed by atoms with Crippen LogP contribution < -0.4 is 5.73 Å². The zero-order valence-electron chi connectivity index (χ0n) is 14.7. The second-order valence-electron chi connectivity index (χ2n) is 5.82. The molecule has 0 saturated heterocycles. The minimum Gasteiger partial charge on any atom is -0.465 e. The molecule has 3 N–H and O–H groups in total. The van der Waals surface area contributed by atoms with Gasteiger partial charge in [0.15, 0.2) is 5.69 Å². The predicted octanol–water partition coefficient (Wildman–Crippen LogP) is 4.80. The standard InChI is InChI=1S/C18H15F3N2.CH3NO2/c1-12-8-9-13(2)15(10-12)16-11-17(18(19,20)21)22-23(16)14-6-4-3-5-7-14;2-1(3)4/h3-11H,1-2H3;2H2,(H,3,4). The number of amides is 1. The van der Waals surface area contributed by atoms with Crippen LogP contribution in [0, 0.1) is 13.8 Å². The van der Waals surface area contributed by atoms with Gasteiger partial charge in [0.25, 0.3) is 0 Å². The molecule has 1 aromatic heterocycles. The molecule has 8 heteroatoms. The Hall–Kier alpha value is -3.29. The summed E-state index contributed by atoms with van der Waals surface area (Å²) in [5.41, 5.74) is 6.80. The van der Waals surface area contributed by atoms with Crippen molar-refractivity contribution in [2.75, 3.05) is 0 Å². The lowest BCUT2D eigenvalue weighted by Crippen LogP contribution is -2.07. The number of rotatable bonds is 2. The van der Waals surface area contributed by atoms with Crippen molar-refractivity contribution in [3.8, 4) is 16.9 Å². The predicted molar refractivity (Wildman–Crippen MR) is 95.7 cm³/mol. The van der Waals surface area contributed by atoms with Gasteiger partial charge in [0.1, 0.15) is 0 Å². The molecule has 0 spiro atoms. The normalized spacial score (nSPS) is 10.9. The van der Waals surface area contributed by atoms with Crippen LogP contribution in [0.3, 0.4) is 0 Å². The Bertz CT molecular complexity index is 931. The molecule has 3 aromatic rings. The van der Waals surface area contributed by atoms with Crippen LogP contribution in [-0.4, -0.2) is 21.0 Å². The Morgan fingerprint density at radius 2 is 1.67 bits per heavy atom. The number of hydrogen-bond donors (Lipinski definition) is 2. The van der Waals surface area contributed by atoms with Gasteiger partial charge in [0.2, 0.25) is 0 Å². The van der Waals surface area contributed by atoms with Gasteiger partial charge in [-0.05, 0) is 43.7 Å². The summed E-state index contributed by atoms with van der Waals surface area (Å²) in [5.74, 6) is 0. The van der Waals surface area contributed by atoms with E-state index in [4.69, 9.17) is 9.90 Å². The van der Waals surface area contributed by atoms with Crippen molar-refractivity contribution in [3.05, 3.63) is 71.4 Å². The third-order valence-corrected chi connectivity index (χ3v) is 3.67. The Morgan fingerprint density at radius 1 is 1.07 bits per heavy atom. The van der Waals surface area contributed by atoms with Crippen molar-refractivity contribution in [3.63, 3.8) is 0 Å². The van der Waals surface area contributed by atoms with E-state index in [0.29, 0.717) is 11.4 Å². The average molecular weight is 377 g/mol. The molecule has 0 radical (unpaired) electrons. The van der Waals surface area contributed by atoms with Gasteiger partial charge in [0.05, 0.1) is 11.4 Å². The fraction of sp³-hybridized carbons (Fsp3) is 0.158. The van der Waals surface area contributed by atoms with Crippen LogP contribution in [-0.2, 0) is 6.18 Å². The zero-order chi connectivity index (χ0) is 20.2. The minimum atomic E-state index is -4.48. The molecule has 27 heavy (non-hydrogen) atoms. The number of aromatic nitrogens is 2. The van der Waals surface area contributed by atoms with E-state index in [1.54, 1.807) is 24.3 Å². The fourth-order valence-electron chi connectivity index (χ4n) is 2.49. The number of nitrogens with two attached hydrogens (primary N) is 1. The number of primary amides is 1. The lowest BCUT2D eigenvalue weighted by molar-refractivity contribution is -0.141. The van der Waals surface area contributed by atoms with Gasteiger partial charge in [-0.2, -0.15) is 18.3 Å². The second-order valence-corrected chi connectivity index (χ2v) is 5.82. The first-order valence-electron chi connectivity index (χ1n) is 7.88. The maximum absolute atomic E-state index is 13.1. The van der Waals surface area contributed by atoms with E-state index in [9.17, 15) is 13.2 Å². The molecule has 0 fully saturated rings. The zero-order valence-corrected chi connectivity index (χ0v) is 14.7. The largest absolute Gasteiger partial charge is 0.465 e. The SMILES string of the molecule is Cc1ccc(C)c(-c2cc(C(F)(F)F)nn2-c2ccccc2)c1.NC(=O)O. The number of para-hydroxylation sites is 1. The number of hydrogen-bond acceptors (Lipinski definition) is 2. The number of alkyl halides is 3. The molecule has 3 rings (SSSR count). The van der Waals surface area contributed by atoms with E-state index in [1.807, 2.05) is 38.1 Å². The summed E-state index contributed by atoms with van der Waals surface area (Å²) in [7, 11) is 0. The van der Waals surface area contributed by atoms with E-state index in [1.165, 1.54) is 4.68 Å². The Kier molecular flexibility index (Phi) is 5.89. The number of aryl methyl sites for hydroxylation is 2. The lowest BCUT2D eigenvalue weighted by atomic mass is 10.0. The second kappa shape index (κ2) is 7.94. The van der Waals surface area contributed by atoms with E-state index >= 15 is 0 Å². The molecule has 2 aromatic carbocycles. The van der Waals surface area contributed by atoms with Crippen molar-refractivity contribution in [2.24, 2.45) is 5.73 Å². The van der Waals surface area contributed by atoms with E-state index in [0.717, 1.165) is 22.8 Å². The number of benzene rings is 2. The quantitative estimate of drug-likeness (QED) is 0.673. The van der Waals surface area contributed by atoms with Gasteiger partial charge in [-0.25, -0.2) is 9.48 Å². The van der Waals surface area contributed by atoms with E-state index < -0.39 is 18.0 Å². The van der Waals surface area contributed by atoms with Crippen LogP contribution in [0.15, 0.2) is 54.6 Å². The molecule has 0 bridgehead atoms. The summed E-state index contributed by atoms with van der Waals surface area (Å²) in [5, 5.41) is 11.0. The summed E-state index contributed by atoms with van der Waals surface area (Å²) in [6.07, 6.45) is -5.81. The van der Waals surface area contributed by atoms with Crippen molar-refractivity contribution in [1.82, 2.24) is 9.78 Å². The van der Waals surface area contributed by atoms with Gasteiger partial charge >= 0.3 is 12.3 Å². The first-order chi connectivity index (χ1) is 12.6. The monoisotopic (exact) mass is 377 g/mol. The summed E-state index contributed by atoms with van der Waals surface area (Å²) in [6.45, 7) is 3.79. The van der Waals surface area contributed by atoms with Gasteiger partial charge < -0.3 is 10.8 Å². The third-order valence-electron chi connectivity index (χ3n) is 3.67. The topological polar surface area (TPSA) is 81.1 Å². The van der Waals surface area contributed by atoms with Gasteiger partial charge in [-0.3, -0.25) is 0 Å². The molecule has 0 aliphatic rings. The maximum Gasteiger partial charge on any atom is 0.435 e. The number of carbonyl (C=O) groups is 1.